The summed E-state index contributed by atoms with van der Waals surface area (Å²) in [6.45, 7) is 18.3. The van der Waals surface area contributed by atoms with Crippen molar-refractivity contribution in [2.45, 2.75) is 78.1 Å². The molecule has 64 heavy (non-hydrogen) atoms. The SMILES string of the molecule is Cc1ccc(-c2cccc3ccccc23)cc1.Cc1ccc2c(c1)C1(CC(C)(C)c3ccc(C(C)(C)C)cc31)c1ccccc1-2.Cc1cccc(-c2ccc(-c3ccccc3)cc2)c1. The summed E-state index contributed by atoms with van der Waals surface area (Å²) in [5, 5.41) is 2.62. The van der Waals surface area contributed by atoms with Crippen molar-refractivity contribution in [3.8, 4) is 44.5 Å². The molecule has 0 aromatic heterocycles. The molecule has 2 aliphatic rings. The number of rotatable bonds is 3. The lowest BCUT2D eigenvalue weighted by atomic mass is 9.70. The first-order chi connectivity index (χ1) is 30.8. The molecular formula is C64H60. The van der Waals surface area contributed by atoms with Gasteiger partial charge in [-0.3, -0.25) is 0 Å². The summed E-state index contributed by atoms with van der Waals surface area (Å²) in [5.41, 5.74) is 22.2. The average molecular weight is 829 g/mol. The predicted octanol–water partition coefficient (Wildman–Crippen LogP) is 17.4. The fraction of sp³-hybridized carbons (Fsp3) is 0.188. The van der Waals surface area contributed by atoms with Gasteiger partial charge in [-0.25, -0.2) is 0 Å². The second-order valence-corrected chi connectivity index (χ2v) is 19.8. The highest BCUT2D eigenvalue weighted by atomic mass is 14.6. The lowest BCUT2D eigenvalue weighted by Gasteiger charge is -2.31. The van der Waals surface area contributed by atoms with Crippen LogP contribution in [-0.4, -0.2) is 0 Å². The van der Waals surface area contributed by atoms with E-state index in [1.807, 2.05) is 6.07 Å². The van der Waals surface area contributed by atoms with Gasteiger partial charge in [-0.05, 0) is 121 Å². The highest BCUT2D eigenvalue weighted by Gasteiger charge is 2.54. The summed E-state index contributed by atoms with van der Waals surface area (Å²) in [5.74, 6) is 0. The molecule has 9 aromatic rings. The zero-order chi connectivity index (χ0) is 44.6. The van der Waals surface area contributed by atoms with E-state index in [-0.39, 0.29) is 16.2 Å². The number of hydrogen-bond donors (Lipinski definition) is 0. The van der Waals surface area contributed by atoms with Crippen LogP contribution in [0.1, 0.15) is 85.5 Å². The molecule has 0 radical (unpaired) electrons. The van der Waals surface area contributed by atoms with Crippen molar-refractivity contribution < 1.29 is 0 Å². The molecule has 0 saturated carbocycles. The third kappa shape index (κ3) is 8.15. The second kappa shape index (κ2) is 17.1. The molecule has 9 aromatic carbocycles. The first-order valence-electron chi connectivity index (χ1n) is 23.0. The Morgan fingerprint density at radius 1 is 0.359 bits per heavy atom. The Morgan fingerprint density at radius 2 is 0.906 bits per heavy atom. The van der Waals surface area contributed by atoms with Crippen LogP contribution in [0.15, 0.2) is 206 Å². The zero-order valence-electron chi connectivity index (χ0n) is 38.8. The van der Waals surface area contributed by atoms with Crippen LogP contribution in [0, 0.1) is 20.8 Å². The Balaban J connectivity index is 0.000000127. The Hall–Kier alpha value is -6.76. The van der Waals surface area contributed by atoms with Crippen LogP contribution in [0.2, 0.25) is 0 Å². The van der Waals surface area contributed by atoms with E-state index in [0.717, 1.165) is 6.42 Å². The summed E-state index contributed by atoms with van der Waals surface area (Å²) in [6.07, 6.45) is 1.14. The smallest absolute Gasteiger partial charge is 0.0475 e. The van der Waals surface area contributed by atoms with E-state index in [9.17, 15) is 0 Å². The summed E-state index contributed by atoms with van der Waals surface area (Å²) in [7, 11) is 0. The van der Waals surface area contributed by atoms with Gasteiger partial charge in [-0.2, -0.15) is 0 Å². The lowest BCUT2D eigenvalue weighted by molar-refractivity contribution is 0.449. The molecule has 0 amide bonds. The van der Waals surface area contributed by atoms with Crippen molar-refractivity contribution in [1.29, 1.82) is 0 Å². The largest absolute Gasteiger partial charge is 0.0622 e. The fourth-order valence-electron chi connectivity index (χ4n) is 10.3. The normalized spacial score (nSPS) is 15.3. The Labute approximate surface area is 382 Å². The van der Waals surface area contributed by atoms with Crippen LogP contribution >= 0.6 is 0 Å². The Morgan fingerprint density at radius 3 is 1.64 bits per heavy atom. The maximum atomic E-state index is 2.53. The standard InChI is InChI=1S/C28H30.C19H16.C17H14/c1-18-11-13-21-20-9-7-8-10-22(20)28(24(21)15-18)17-27(5,6)23-14-12-19(16-25(23)28)26(2,3)4;1-15-6-5-9-19(14-15)18-12-10-17(11-13-18)16-7-3-2-4-8-16;1-13-9-11-15(12-10-13)17-8-4-6-14-5-2-3-7-16(14)17/h7-16H,17H2,1-6H3;2-14H,1H3;2-12H,1H3. The van der Waals surface area contributed by atoms with Crippen molar-refractivity contribution in [1.82, 2.24) is 0 Å². The monoisotopic (exact) mass is 828 g/mol. The Bertz CT molecular complexity index is 3080. The predicted molar refractivity (Wildman–Crippen MR) is 275 cm³/mol. The topological polar surface area (TPSA) is 0 Å². The molecule has 0 aliphatic heterocycles. The molecule has 0 saturated heterocycles. The average Bonchev–Trinajstić information content (AvgIpc) is 3.72. The van der Waals surface area contributed by atoms with Crippen LogP contribution < -0.4 is 0 Å². The summed E-state index contributed by atoms with van der Waals surface area (Å²) < 4.78 is 0. The van der Waals surface area contributed by atoms with Gasteiger partial charge in [-0.1, -0.05) is 258 Å². The van der Waals surface area contributed by atoms with Gasteiger partial charge in [0.15, 0.2) is 0 Å². The molecule has 0 N–H and O–H groups in total. The maximum Gasteiger partial charge on any atom is 0.0475 e. The molecule has 1 spiro atoms. The first kappa shape index (κ1) is 42.5. The van der Waals surface area contributed by atoms with Crippen LogP contribution in [0.4, 0.5) is 0 Å². The lowest BCUT2D eigenvalue weighted by Crippen LogP contribution is -2.26. The molecule has 0 heterocycles. The summed E-state index contributed by atoms with van der Waals surface area (Å²) in [4.78, 5) is 0. The van der Waals surface area contributed by atoms with E-state index in [4.69, 9.17) is 0 Å². The van der Waals surface area contributed by atoms with Gasteiger partial charge in [0.05, 0.1) is 0 Å². The van der Waals surface area contributed by atoms with Gasteiger partial charge in [-0.15, -0.1) is 0 Å². The van der Waals surface area contributed by atoms with E-state index in [2.05, 4.69) is 256 Å². The van der Waals surface area contributed by atoms with Crippen LogP contribution in [0.3, 0.4) is 0 Å². The molecule has 2 aliphatic carbocycles. The second-order valence-electron chi connectivity index (χ2n) is 19.8. The minimum atomic E-state index is -0.0297. The van der Waals surface area contributed by atoms with Gasteiger partial charge in [0, 0.05) is 5.41 Å². The molecular weight excluding hydrogens is 769 g/mol. The maximum absolute atomic E-state index is 2.53. The van der Waals surface area contributed by atoms with E-state index in [0.29, 0.717) is 0 Å². The van der Waals surface area contributed by atoms with Crippen LogP contribution in [0.25, 0.3) is 55.3 Å². The molecule has 1 atom stereocenters. The molecule has 316 valence electrons. The third-order valence-electron chi connectivity index (χ3n) is 13.6. The summed E-state index contributed by atoms with van der Waals surface area (Å²) >= 11 is 0. The Kier molecular flexibility index (Phi) is 11.4. The van der Waals surface area contributed by atoms with Gasteiger partial charge in [0.25, 0.3) is 0 Å². The van der Waals surface area contributed by atoms with E-state index in [1.54, 1.807) is 0 Å². The van der Waals surface area contributed by atoms with E-state index < -0.39 is 0 Å². The molecule has 1 unspecified atom stereocenters. The highest BCUT2D eigenvalue weighted by molar-refractivity contribution is 5.96. The highest BCUT2D eigenvalue weighted by Crippen LogP contribution is 2.63. The third-order valence-corrected chi connectivity index (χ3v) is 13.6. The van der Waals surface area contributed by atoms with Gasteiger partial charge in [0.1, 0.15) is 0 Å². The number of hydrogen-bond acceptors (Lipinski definition) is 0. The number of fused-ring (bicyclic) bond motifs is 8. The summed E-state index contributed by atoms with van der Waals surface area (Å²) in [6, 6.07) is 75.0. The zero-order valence-corrected chi connectivity index (χ0v) is 38.8. The molecule has 11 rings (SSSR count). The fourth-order valence-corrected chi connectivity index (χ4v) is 10.3. The van der Waals surface area contributed by atoms with Crippen molar-refractivity contribution >= 4 is 10.8 Å². The number of benzene rings is 9. The van der Waals surface area contributed by atoms with E-state index >= 15 is 0 Å². The van der Waals surface area contributed by atoms with Gasteiger partial charge in [0.2, 0.25) is 0 Å². The van der Waals surface area contributed by atoms with Crippen LogP contribution in [-0.2, 0) is 16.2 Å². The minimum Gasteiger partial charge on any atom is -0.0622 e. The van der Waals surface area contributed by atoms with Gasteiger partial charge < -0.3 is 0 Å². The molecule has 0 bridgehead atoms. The number of aryl methyl sites for hydroxylation is 3. The molecule has 0 heteroatoms. The van der Waals surface area contributed by atoms with Crippen molar-refractivity contribution in [3.05, 3.63) is 251 Å². The van der Waals surface area contributed by atoms with Gasteiger partial charge >= 0.3 is 0 Å². The van der Waals surface area contributed by atoms with Crippen molar-refractivity contribution in [2.24, 2.45) is 0 Å². The van der Waals surface area contributed by atoms with Crippen molar-refractivity contribution in [3.63, 3.8) is 0 Å². The van der Waals surface area contributed by atoms with Crippen LogP contribution in [0.5, 0.6) is 0 Å². The van der Waals surface area contributed by atoms with Crippen molar-refractivity contribution in [2.75, 3.05) is 0 Å². The quantitative estimate of drug-likeness (QED) is 0.166. The molecule has 0 fully saturated rings. The first-order valence-corrected chi connectivity index (χ1v) is 23.0. The minimum absolute atomic E-state index is 0.0297. The van der Waals surface area contributed by atoms with E-state index in [1.165, 1.54) is 99.8 Å². The molecule has 0 nitrogen and oxygen atoms in total.